The van der Waals surface area contributed by atoms with Crippen LogP contribution in [0.1, 0.15) is 39.5 Å². The lowest BCUT2D eigenvalue weighted by Crippen LogP contribution is -2.50. The van der Waals surface area contributed by atoms with Gasteiger partial charge < -0.3 is 41.9 Å². The molecule has 8 N–H and O–H groups in total. The van der Waals surface area contributed by atoms with Crippen LogP contribution in [0.3, 0.4) is 0 Å². The lowest BCUT2D eigenvalue weighted by atomic mass is 10.1. The summed E-state index contributed by atoms with van der Waals surface area (Å²) in [6, 6.07) is -0.739. The summed E-state index contributed by atoms with van der Waals surface area (Å²) in [4.78, 5) is 80.4. The van der Waals surface area contributed by atoms with Gasteiger partial charge in [0.2, 0.25) is 17.7 Å². The standard InChI is InChI=1S/C32H61N9O9/c1-25(2)5-4-8-36-32(50)26(33)6-7-27(42)34-9-11-37(3)12-10-35-28(43)21-38-13-15-39(22-29(44)45)17-19-41(24-31(48)49)20-18-40(16-14-38)23-30(46)47/h25-26H,4-24,33H2,1-3H3,(H,34,42)(H,35,43)(H,36,50)(H,44,45)(H,46,47)(H,48,49)/t26-/m1/s1. The van der Waals surface area contributed by atoms with E-state index in [4.69, 9.17) is 5.73 Å². The Kier molecular flexibility index (Phi) is 22.8. The zero-order valence-electron chi connectivity index (χ0n) is 30.1. The van der Waals surface area contributed by atoms with E-state index >= 15 is 0 Å². The lowest BCUT2D eigenvalue weighted by Gasteiger charge is -2.32. The van der Waals surface area contributed by atoms with E-state index in [1.54, 1.807) is 14.7 Å². The van der Waals surface area contributed by atoms with Crippen LogP contribution in [0, 0.1) is 5.92 Å². The highest BCUT2D eigenvalue weighted by Gasteiger charge is 2.21. The highest BCUT2D eigenvalue weighted by Crippen LogP contribution is 2.03. The van der Waals surface area contributed by atoms with E-state index in [1.165, 1.54) is 0 Å². The number of nitrogens with two attached hydrogens (primary N) is 1. The second-order valence-corrected chi connectivity index (χ2v) is 13.3. The third kappa shape index (κ3) is 23.1. The van der Waals surface area contributed by atoms with E-state index in [-0.39, 0.29) is 56.7 Å². The number of amides is 3. The van der Waals surface area contributed by atoms with Crippen molar-refractivity contribution >= 4 is 35.6 Å². The molecule has 0 aromatic heterocycles. The molecule has 1 saturated heterocycles. The Labute approximate surface area is 295 Å². The molecule has 1 heterocycles. The van der Waals surface area contributed by atoms with Crippen LogP contribution in [0.4, 0.5) is 0 Å². The maximum Gasteiger partial charge on any atom is 0.317 e. The van der Waals surface area contributed by atoms with Crippen molar-refractivity contribution in [1.29, 1.82) is 0 Å². The van der Waals surface area contributed by atoms with Gasteiger partial charge in [0, 0.05) is 91.5 Å². The Hall–Kier alpha value is -3.42. The summed E-state index contributed by atoms with van der Waals surface area (Å²) in [5.41, 5.74) is 5.92. The molecule has 0 aromatic rings. The maximum absolute atomic E-state index is 12.9. The molecule has 18 nitrogen and oxygen atoms in total. The molecule has 288 valence electrons. The van der Waals surface area contributed by atoms with Gasteiger partial charge in [-0.1, -0.05) is 13.8 Å². The molecule has 0 aliphatic carbocycles. The predicted molar refractivity (Wildman–Crippen MR) is 186 cm³/mol. The van der Waals surface area contributed by atoms with Gasteiger partial charge in [-0.05, 0) is 32.2 Å². The summed E-state index contributed by atoms with van der Waals surface area (Å²) in [7, 11) is 1.86. The Bertz CT molecular complexity index is 1030. The number of aliphatic carboxylic acids is 3. The van der Waals surface area contributed by atoms with Crippen molar-refractivity contribution in [2.45, 2.75) is 45.6 Å². The number of rotatable bonds is 22. The van der Waals surface area contributed by atoms with Gasteiger partial charge in [0.05, 0.1) is 32.2 Å². The third-order valence-electron chi connectivity index (χ3n) is 8.28. The summed E-state index contributed by atoms with van der Waals surface area (Å²) in [5.74, 6) is -3.17. The largest absolute Gasteiger partial charge is 0.480 e. The average Bonchev–Trinajstić information content (AvgIpc) is 3.02. The van der Waals surface area contributed by atoms with Crippen LogP contribution in [0.15, 0.2) is 0 Å². The molecule has 0 aromatic carbocycles. The Morgan fingerprint density at radius 3 is 1.42 bits per heavy atom. The average molecular weight is 716 g/mol. The van der Waals surface area contributed by atoms with Crippen LogP contribution in [-0.2, 0) is 28.8 Å². The highest BCUT2D eigenvalue weighted by atomic mass is 16.4. The maximum atomic E-state index is 12.9. The number of carbonyl (C=O) groups excluding carboxylic acids is 3. The summed E-state index contributed by atoms with van der Waals surface area (Å²) in [5, 5.41) is 36.6. The van der Waals surface area contributed by atoms with Crippen molar-refractivity contribution in [1.82, 2.24) is 40.4 Å². The van der Waals surface area contributed by atoms with E-state index in [9.17, 15) is 44.1 Å². The normalized spacial score (nSPS) is 16.7. The number of carboxylic acids is 3. The summed E-state index contributed by atoms with van der Waals surface area (Å²) in [6.07, 6.45) is 2.30. The first kappa shape index (κ1) is 44.6. The van der Waals surface area contributed by atoms with Gasteiger partial charge in [-0.3, -0.25) is 48.4 Å². The third-order valence-corrected chi connectivity index (χ3v) is 8.28. The smallest absolute Gasteiger partial charge is 0.317 e. The molecule has 50 heavy (non-hydrogen) atoms. The van der Waals surface area contributed by atoms with Crippen LogP contribution >= 0.6 is 0 Å². The minimum atomic E-state index is -1.02. The van der Waals surface area contributed by atoms with Crippen molar-refractivity contribution in [2.24, 2.45) is 11.7 Å². The molecule has 0 spiro atoms. The van der Waals surface area contributed by atoms with Crippen molar-refractivity contribution in [3.05, 3.63) is 0 Å². The fraction of sp³-hybridized carbons (Fsp3) is 0.812. The highest BCUT2D eigenvalue weighted by molar-refractivity contribution is 5.83. The fourth-order valence-electron chi connectivity index (χ4n) is 5.29. The van der Waals surface area contributed by atoms with Gasteiger partial charge in [-0.2, -0.15) is 0 Å². The molecule has 0 bridgehead atoms. The van der Waals surface area contributed by atoms with E-state index in [0.717, 1.165) is 12.8 Å². The second-order valence-electron chi connectivity index (χ2n) is 13.3. The van der Waals surface area contributed by atoms with Crippen molar-refractivity contribution in [3.8, 4) is 0 Å². The SMILES string of the molecule is CC(C)CCCNC(=O)[C@H](N)CCC(=O)NCCN(C)CCNC(=O)CN1CCN(CC(=O)O)CCN(CC(=O)O)CCN(CC(=O)O)CC1. The predicted octanol–water partition coefficient (Wildman–Crippen LogP) is -2.71. The van der Waals surface area contributed by atoms with E-state index in [0.29, 0.717) is 91.0 Å². The summed E-state index contributed by atoms with van der Waals surface area (Å²) < 4.78 is 0. The monoisotopic (exact) mass is 715 g/mol. The first-order valence-electron chi connectivity index (χ1n) is 17.4. The van der Waals surface area contributed by atoms with Gasteiger partial charge in [-0.25, -0.2) is 0 Å². The van der Waals surface area contributed by atoms with E-state index in [2.05, 4.69) is 29.8 Å². The van der Waals surface area contributed by atoms with Crippen LogP contribution in [-0.4, -0.2) is 200 Å². The fourth-order valence-corrected chi connectivity index (χ4v) is 5.29. The first-order chi connectivity index (χ1) is 23.6. The molecule has 1 aliphatic rings. The molecule has 18 heteroatoms. The molecule has 1 rings (SSSR count). The quantitative estimate of drug-likeness (QED) is 0.0564. The number of likely N-dealkylation sites (N-methyl/N-ethyl adjacent to an activating group) is 1. The van der Waals surface area contributed by atoms with Gasteiger partial charge >= 0.3 is 17.9 Å². The van der Waals surface area contributed by atoms with Gasteiger partial charge in [0.25, 0.3) is 0 Å². The number of carboxylic acid groups (broad SMARTS) is 3. The number of hydrogen-bond acceptors (Lipinski definition) is 12. The molecule has 1 aliphatic heterocycles. The summed E-state index contributed by atoms with van der Waals surface area (Å²) >= 11 is 0. The van der Waals surface area contributed by atoms with Gasteiger partial charge in [0.15, 0.2) is 0 Å². The number of nitrogens with zero attached hydrogens (tertiary/aromatic N) is 5. The van der Waals surface area contributed by atoms with Crippen LogP contribution in [0.2, 0.25) is 0 Å². The number of nitrogens with one attached hydrogen (secondary N) is 3. The second kappa shape index (κ2) is 25.5. The van der Waals surface area contributed by atoms with Crippen LogP contribution in [0.25, 0.3) is 0 Å². The zero-order chi connectivity index (χ0) is 37.5. The molecular weight excluding hydrogens is 654 g/mol. The lowest BCUT2D eigenvalue weighted by molar-refractivity contribution is -0.140. The van der Waals surface area contributed by atoms with Crippen molar-refractivity contribution in [3.63, 3.8) is 0 Å². The topological polar surface area (TPSA) is 241 Å². The Balaban J connectivity index is 2.51. The summed E-state index contributed by atoms with van der Waals surface area (Å²) in [6.45, 7) is 8.50. The Morgan fingerprint density at radius 1 is 0.620 bits per heavy atom. The molecular formula is C32H61N9O9. The van der Waals surface area contributed by atoms with Crippen LogP contribution < -0.4 is 21.7 Å². The molecule has 0 radical (unpaired) electrons. The van der Waals surface area contributed by atoms with Crippen molar-refractivity contribution < 1.29 is 44.1 Å². The van der Waals surface area contributed by atoms with Crippen molar-refractivity contribution in [2.75, 3.05) is 118 Å². The molecule has 1 fully saturated rings. The minimum Gasteiger partial charge on any atom is -0.480 e. The zero-order valence-corrected chi connectivity index (χ0v) is 30.1. The van der Waals surface area contributed by atoms with E-state index in [1.807, 2.05) is 16.8 Å². The Morgan fingerprint density at radius 2 is 1.02 bits per heavy atom. The number of carbonyl (C=O) groups is 6. The molecule has 0 unspecified atom stereocenters. The van der Waals surface area contributed by atoms with Crippen LogP contribution in [0.5, 0.6) is 0 Å². The molecule has 0 saturated carbocycles. The van der Waals surface area contributed by atoms with Gasteiger partial charge in [0.1, 0.15) is 0 Å². The van der Waals surface area contributed by atoms with Gasteiger partial charge in [-0.15, -0.1) is 0 Å². The number of hydrogen-bond donors (Lipinski definition) is 7. The minimum absolute atomic E-state index is 0.0326. The molecule has 1 atom stereocenters. The first-order valence-corrected chi connectivity index (χ1v) is 17.4. The molecule has 3 amide bonds. The van der Waals surface area contributed by atoms with E-state index < -0.39 is 23.9 Å².